The van der Waals surface area contributed by atoms with Crippen LogP contribution in [0.15, 0.2) is 53.5 Å². The van der Waals surface area contributed by atoms with Crippen molar-refractivity contribution in [1.82, 2.24) is 9.97 Å². The van der Waals surface area contributed by atoms with E-state index in [1.165, 1.54) is 31.6 Å². The average Bonchev–Trinajstić information content (AvgIpc) is 3.68. The highest BCUT2D eigenvalue weighted by Crippen LogP contribution is 2.42. The molecule has 3 heterocycles. The number of carboxylic acid groups (broad SMARTS) is 2. The molecular formula is C33H32N2O9S. The van der Waals surface area contributed by atoms with Crippen molar-refractivity contribution in [1.29, 1.82) is 0 Å². The van der Waals surface area contributed by atoms with Crippen molar-refractivity contribution < 1.29 is 43.5 Å². The third-order valence-corrected chi connectivity index (χ3v) is 8.21. The van der Waals surface area contributed by atoms with Crippen molar-refractivity contribution >= 4 is 29.4 Å². The van der Waals surface area contributed by atoms with Crippen LogP contribution in [0.4, 0.5) is 0 Å². The number of hydrogen-bond donors (Lipinski definition) is 2. The monoisotopic (exact) mass is 632 g/mol. The van der Waals surface area contributed by atoms with Crippen LogP contribution in [0.1, 0.15) is 51.7 Å². The highest BCUT2D eigenvalue weighted by molar-refractivity contribution is 7.11. The van der Waals surface area contributed by atoms with Gasteiger partial charge in [0.2, 0.25) is 12.7 Å². The quantitative estimate of drug-likeness (QED) is 0.151. The van der Waals surface area contributed by atoms with Gasteiger partial charge in [0.15, 0.2) is 11.5 Å². The van der Waals surface area contributed by atoms with Crippen molar-refractivity contribution in [3.63, 3.8) is 0 Å². The van der Waals surface area contributed by atoms with Gasteiger partial charge in [-0.1, -0.05) is 31.5 Å². The summed E-state index contributed by atoms with van der Waals surface area (Å²) in [6.45, 7) is 2.11. The minimum absolute atomic E-state index is 0.0607. The Bertz CT molecular complexity index is 1750. The Hall–Kier alpha value is -5.10. The molecule has 0 saturated heterocycles. The lowest BCUT2D eigenvalue weighted by Crippen LogP contribution is -2.07. The fourth-order valence-electron chi connectivity index (χ4n) is 4.95. The topological polar surface area (TPSA) is 147 Å². The molecule has 45 heavy (non-hydrogen) atoms. The molecule has 0 unspecified atom stereocenters. The number of methoxy groups -OCH3 is 2. The van der Waals surface area contributed by atoms with E-state index < -0.39 is 11.9 Å². The van der Waals surface area contributed by atoms with Gasteiger partial charge >= 0.3 is 17.9 Å². The number of aliphatic carboxylic acids is 1. The van der Waals surface area contributed by atoms with Crippen molar-refractivity contribution in [3.8, 4) is 40.3 Å². The van der Waals surface area contributed by atoms with E-state index in [1.807, 2.05) is 5.38 Å². The first kappa shape index (κ1) is 31.3. The van der Waals surface area contributed by atoms with Crippen molar-refractivity contribution in [2.45, 2.75) is 39.2 Å². The number of carbonyl (C=O) groups is 2. The first-order chi connectivity index (χ1) is 21.8. The van der Waals surface area contributed by atoms with Gasteiger partial charge in [0.25, 0.3) is 0 Å². The standard InChI is InChI=1S/C33H32N2O9S/c1-4-5-8-20-17-45-28(13-22(31(36)37)11-21-12-26-27(44-18-43-26)14-25(21)40-2)29(20)24-15-34-33(41-3)35-30(24)42-16-19-9-6-7-10-23(19)32(38)39/h6-7,9-10,12-15,17H,4-5,8,11,16,18H2,1-3H3,(H,36,37)(H,38,39). The molecule has 0 spiro atoms. The number of fused-ring (bicyclic) bond motifs is 1. The number of ether oxygens (including phenoxy) is 5. The maximum absolute atomic E-state index is 12.6. The fraction of sp³-hybridized carbons (Fsp3) is 0.273. The van der Waals surface area contributed by atoms with Gasteiger partial charge in [-0.3, -0.25) is 0 Å². The van der Waals surface area contributed by atoms with Crippen LogP contribution in [0.25, 0.3) is 17.2 Å². The summed E-state index contributed by atoms with van der Waals surface area (Å²) in [5.41, 5.74) is 3.62. The zero-order valence-electron chi connectivity index (χ0n) is 25.0. The zero-order chi connectivity index (χ0) is 31.9. The average molecular weight is 633 g/mol. The van der Waals surface area contributed by atoms with E-state index in [-0.39, 0.29) is 42.8 Å². The molecule has 0 atom stereocenters. The summed E-state index contributed by atoms with van der Waals surface area (Å²) in [6.07, 6.45) is 5.90. The molecular weight excluding hydrogens is 600 g/mol. The Labute approximate surface area is 263 Å². The molecule has 0 radical (unpaired) electrons. The summed E-state index contributed by atoms with van der Waals surface area (Å²) in [4.78, 5) is 33.9. The second-order valence-electron chi connectivity index (χ2n) is 10.1. The van der Waals surface area contributed by atoms with Crippen LogP contribution in [-0.2, 0) is 24.2 Å². The molecule has 0 saturated carbocycles. The lowest BCUT2D eigenvalue weighted by Gasteiger charge is -2.14. The first-order valence-corrected chi connectivity index (χ1v) is 15.1. The second kappa shape index (κ2) is 14.1. The number of rotatable bonds is 14. The predicted octanol–water partition coefficient (Wildman–Crippen LogP) is 6.28. The molecule has 0 bridgehead atoms. The van der Waals surface area contributed by atoms with Crippen LogP contribution in [-0.4, -0.2) is 53.1 Å². The van der Waals surface area contributed by atoms with Gasteiger partial charge in [0.1, 0.15) is 12.4 Å². The molecule has 2 aromatic carbocycles. The molecule has 5 rings (SSSR count). The van der Waals surface area contributed by atoms with E-state index in [9.17, 15) is 19.8 Å². The summed E-state index contributed by atoms with van der Waals surface area (Å²) in [5, 5.41) is 21.9. The van der Waals surface area contributed by atoms with Crippen LogP contribution >= 0.6 is 11.3 Å². The molecule has 1 aliphatic rings. The van der Waals surface area contributed by atoms with E-state index in [0.29, 0.717) is 38.8 Å². The molecule has 234 valence electrons. The molecule has 4 aromatic rings. The Morgan fingerprint density at radius 2 is 1.82 bits per heavy atom. The van der Waals surface area contributed by atoms with Crippen molar-refractivity contribution in [2.75, 3.05) is 21.0 Å². The van der Waals surface area contributed by atoms with Gasteiger partial charge in [-0.15, -0.1) is 11.3 Å². The van der Waals surface area contributed by atoms with Crippen molar-refractivity contribution in [3.05, 3.63) is 80.7 Å². The lowest BCUT2D eigenvalue weighted by atomic mass is 9.97. The zero-order valence-corrected chi connectivity index (χ0v) is 25.8. The SMILES string of the molecule is CCCCc1csc(C=C(Cc2cc3c(cc2OC)OCO3)C(=O)O)c1-c1cnc(OC)nc1OCc1ccccc1C(=O)O. The largest absolute Gasteiger partial charge is 0.496 e. The number of nitrogens with zero attached hydrogens (tertiary/aromatic N) is 2. The molecule has 2 N–H and O–H groups in total. The van der Waals surface area contributed by atoms with Crippen molar-refractivity contribution in [2.24, 2.45) is 0 Å². The first-order valence-electron chi connectivity index (χ1n) is 14.2. The Kier molecular flexibility index (Phi) is 9.83. The van der Waals surface area contributed by atoms with Crippen LogP contribution in [0, 0.1) is 0 Å². The van der Waals surface area contributed by atoms with Gasteiger partial charge in [-0.2, -0.15) is 4.98 Å². The minimum atomic E-state index is -1.09. The normalized spacial score (nSPS) is 12.2. The fourth-order valence-corrected chi connectivity index (χ4v) is 6.03. The summed E-state index contributed by atoms with van der Waals surface area (Å²) in [5.74, 6) is -0.421. The molecule has 2 aromatic heterocycles. The molecule has 12 heteroatoms. The number of carboxylic acids is 2. The molecule has 0 amide bonds. The highest BCUT2D eigenvalue weighted by Gasteiger charge is 2.24. The Morgan fingerprint density at radius 1 is 1.04 bits per heavy atom. The predicted molar refractivity (Wildman–Crippen MR) is 167 cm³/mol. The van der Waals surface area contributed by atoms with Crippen LogP contribution in [0.3, 0.4) is 0 Å². The third kappa shape index (κ3) is 7.01. The number of aromatic carboxylic acids is 1. The van der Waals surface area contributed by atoms with E-state index in [2.05, 4.69) is 16.9 Å². The number of unbranched alkanes of at least 4 members (excludes halogenated alkanes) is 1. The smallest absolute Gasteiger partial charge is 0.336 e. The molecule has 0 aliphatic carbocycles. The summed E-state index contributed by atoms with van der Waals surface area (Å²) in [7, 11) is 2.95. The third-order valence-electron chi connectivity index (χ3n) is 7.23. The highest BCUT2D eigenvalue weighted by atomic mass is 32.1. The minimum Gasteiger partial charge on any atom is -0.496 e. The molecule has 11 nitrogen and oxygen atoms in total. The summed E-state index contributed by atoms with van der Waals surface area (Å²) >= 11 is 1.41. The van der Waals surface area contributed by atoms with Gasteiger partial charge in [0, 0.05) is 45.8 Å². The van der Waals surface area contributed by atoms with Crippen LogP contribution in [0.2, 0.25) is 0 Å². The van der Waals surface area contributed by atoms with Gasteiger partial charge in [-0.05, 0) is 42.0 Å². The van der Waals surface area contributed by atoms with E-state index in [1.54, 1.807) is 42.6 Å². The van der Waals surface area contributed by atoms with Gasteiger partial charge < -0.3 is 33.9 Å². The number of benzene rings is 2. The van der Waals surface area contributed by atoms with Crippen LogP contribution < -0.4 is 23.7 Å². The maximum atomic E-state index is 12.6. The van der Waals surface area contributed by atoms with Gasteiger partial charge in [-0.25, -0.2) is 14.6 Å². The number of aromatic nitrogens is 2. The second-order valence-corrected chi connectivity index (χ2v) is 11.0. The summed E-state index contributed by atoms with van der Waals surface area (Å²) in [6, 6.07) is 10.1. The van der Waals surface area contributed by atoms with Crippen LogP contribution in [0.5, 0.6) is 29.1 Å². The van der Waals surface area contributed by atoms with Gasteiger partial charge in [0.05, 0.1) is 25.3 Å². The number of aryl methyl sites for hydroxylation is 1. The summed E-state index contributed by atoms with van der Waals surface area (Å²) < 4.78 is 27.9. The van der Waals surface area contributed by atoms with E-state index in [0.717, 1.165) is 30.4 Å². The lowest BCUT2D eigenvalue weighted by molar-refractivity contribution is -0.132. The van der Waals surface area contributed by atoms with E-state index in [4.69, 9.17) is 23.7 Å². The Morgan fingerprint density at radius 3 is 2.53 bits per heavy atom. The molecule has 0 fully saturated rings. The number of hydrogen-bond acceptors (Lipinski definition) is 10. The maximum Gasteiger partial charge on any atom is 0.336 e. The number of thiophene rings is 1. The Balaban J connectivity index is 1.58. The molecule has 1 aliphatic heterocycles. The van der Waals surface area contributed by atoms with E-state index >= 15 is 0 Å².